The molecule has 5 nitrogen and oxygen atoms in total. The Hall–Kier alpha value is -1.20. The van der Waals surface area contributed by atoms with E-state index in [0.29, 0.717) is 23.5 Å². The van der Waals surface area contributed by atoms with Crippen LogP contribution in [0.1, 0.15) is 56.8 Å². The van der Waals surface area contributed by atoms with Gasteiger partial charge in [-0.1, -0.05) is 27.7 Å². The third kappa shape index (κ3) is 2.97. The van der Waals surface area contributed by atoms with E-state index in [2.05, 4.69) is 43.1 Å². The predicted octanol–water partition coefficient (Wildman–Crippen LogP) is 2.54. The topological polar surface area (TPSA) is 73.1 Å². The minimum atomic E-state index is -0.114. The number of hydrogen-bond acceptors (Lipinski definition) is 5. The second-order valence-corrected chi connectivity index (χ2v) is 5.13. The number of nitrogens with zero attached hydrogens (tertiary/aromatic N) is 2. The summed E-state index contributed by atoms with van der Waals surface area (Å²) in [4.78, 5) is 9.06. The van der Waals surface area contributed by atoms with Crippen molar-refractivity contribution in [1.82, 2.24) is 9.97 Å². The standard InChI is InChI=1S/C13H24N4O/c1-7(2)10-9(5)15-13(16-12(10)17-14)11(18-6)8(3)4/h7-8,11H,14H2,1-6H3,(H,15,16,17). The number of nitrogens with two attached hydrogens (primary N) is 1. The van der Waals surface area contributed by atoms with E-state index in [9.17, 15) is 0 Å². The monoisotopic (exact) mass is 252 g/mol. The van der Waals surface area contributed by atoms with Gasteiger partial charge in [0.2, 0.25) is 0 Å². The number of aromatic nitrogens is 2. The first kappa shape index (κ1) is 14.9. The molecule has 1 aromatic rings. The highest BCUT2D eigenvalue weighted by molar-refractivity contribution is 5.47. The molecule has 1 unspecified atom stereocenters. The normalized spacial score (nSPS) is 13.2. The zero-order valence-corrected chi connectivity index (χ0v) is 12.1. The first-order chi connectivity index (χ1) is 8.42. The smallest absolute Gasteiger partial charge is 0.160 e. The van der Waals surface area contributed by atoms with Crippen LogP contribution in [0.2, 0.25) is 0 Å². The number of nitrogens with one attached hydrogen (secondary N) is 1. The molecule has 0 saturated heterocycles. The minimum Gasteiger partial charge on any atom is -0.373 e. The van der Waals surface area contributed by atoms with Gasteiger partial charge in [-0.3, -0.25) is 0 Å². The fourth-order valence-electron chi connectivity index (χ4n) is 2.21. The van der Waals surface area contributed by atoms with Crippen LogP contribution in [-0.2, 0) is 4.74 Å². The van der Waals surface area contributed by atoms with Crippen LogP contribution in [0.5, 0.6) is 0 Å². The van der Waals surface area contributed by atoms with E-state index in [1.807, 2.05) is 6.92 Å². The lowest BCUT2D eigenvalue weighted by Crippen LogP contribution is -2.19. The molecule has 1 atom stereocenters. The van der Waals surface area contributed by atoms with Crippen LogP contribution in [0.4, 0.5) is 5.82 Å². The average molecular weight is 252 g/mol. The van der Waals surface area contributed by atoms with E-state index in [0.717, 1.165) is 11.3 Å². The molecule has 0 aliphatic heterocycles. The number of aryl methyl sites for hydroxylation is 1. The van der Waals surface area contributed by atoms with Crippen LogP contribution in [0.15, 0.2) is 0 Å². The van der Waals surface area contributed by atoms with Gasteiger partial charge in [-0.15, -0.1) is 0 Å². The van der Waals surface area contributed by atoms with E-state index < -0.39 is 0 Å². The Labute approximate surface area is 109 Å². The van der Waals surface area contributed by atoms with Gasteiger partial charge in [0, 0.05) is 18.4 Å². The molecular weight excluding hydrogens is 228 g/mol. The molecule has 1 aromatic heterocycles. The lowest BCUT2D eigenvalue weighted by molar-refractivity contribution is 0.0574. The molecule has 1 heterocycles. The van der Waals surface area contributed by atoms with Crippen molar-refractivity contribution in [2.24, 2.45) is 11.8 Å². The number of anilines is 1. The molecule has 0 aliphatic rings. The Bertz CT molecular complexity index is 404. The van der Waals surface area contributed by atoms with E-state index in [1.54, 1.807) is 7.11 Å². The molecule has 0 amide bonds. The Morgan fingerprint density at radius 2 is 1.78 bits per heavy atom. The van der Waals surface area contributed by atoms with Gasteiger partial charge in [0.1, 0.15) is 11.9 Å². The molecule has 0 aliphatic carbocycles. The van der Waals surface area contributed by atoms with Crippen molar-refractivity contribution in [3.8, 4) is 0 Å². The highest BCUT2D eigenvalue weighted by atomic mass is 16.5. The summed E-state index contributed by atoms with van der Waals surface area (Å²) >= 11 is 0. The van der Waals surface area contributed by atoms with Gasteiger partial charge in [0.15, 0.2) is 5.82 Å². The summed E-state index contributed by atoms with van der Waals surface area (Å²) in [6, 6.07) is 0. The summed E-state index contributed by atoms with van der Waals surface area (Å²) in [5.41, 5.74) is 4.67. The molecule has 0 fully saturated rings. The fourth-order valence-corrected chi connectivity index (χ4v) is 2.21. The molecule has 0 spiro atoms. The highest BCUT2D eigenvalue weighted by Crippen LogP contribution is 2.29. The van der Waals surface area contributed by atoms with Crippen molar-refractivity contribution < 1.29 is 4.74 Å². The Balaban J connectivity index is 3.29. The molecule has 0 radical (unpaired) electrons. The molecule has 0 saturated carbocycles. The summed E-state index contributed by atoms with van der Waals surface area (Å²) < 4.78 is 5.46. The number of rotatable bonds is 5. The van der Waals surface area contributed by atoms with Crippen LogP contribution < -0.4 is 11.3 Å². The zero-order chi connectivity index (χ0) is 13.9. The van der Waals surface area contributed by atoms with E-state index >= 15 is 0 Å². The maximum atomic E-state index is 5.56. The maximum absolute atomic E-state index is 5.56. The number of nitrogen functional groups attached to an aromatic ring is 1. The molecule has 18 heavy (non-hydrogen) atoms. The van der Waals surface area contributed by atoms with Gasteiger partial charge in [-0.25, -0.2) is 15.8 Å². The predicted molar refractivity (Wildman–Crippen MR) is 73.3 cm³/mol. The van der Waals surface area contributed by atoms with Crippen LogP contribution in [-0.4, -0.2) is 17.1 Å². The zero-order valence-electron chi connectivity index (χ0n) is 12.1. The Kier molecular flexibility index (Phi) is 5.04. The molecule has 3 N–H and O–H groups in total. The van der Waals surface area contributed by atoms with Gasteiger partial charge in [0.05, 0.1) is 0 Å². The SMILES string of the molecule is COC(c1nc(C)c(C(C)C)c(NN)n1)C(C)C. The molecule has 102 valence electrons. The van der Waals surface area contributed by atoms with Gasteiger partial charge >= 0.3 is 0 Å². The molecule has 0 aromatic carbocycles. The number of ether oxygens (including phenoxy) is 1. The first-order valence-electron chi connectivity index (χ1n) is 6.30. The quantitative estimate of drug-likeness (QED) is 0.622. The van der Waals surface area contributed by atoms with Crippen molar-refractivity contribution >= 4 is 5.82 Å². The third-order valence-corrected chi connectivity index (χ3v) is 2.98. The van der Waals surface area contributed by atoms with Crippen molar-refractivity contribution in [2.45, 2.75) is 46.6 Å². The second kappa shape index (κ2) is 6.11. The van der Waals surface area contributed by atoms with Crippen LogP contribution in [0.3, 0.4) is 0 Å². The van der Waals surface area contributed by atoms with Crippen LogP contribution >= 0.6 is 0 Å². The molecule has 5 heteroatoms. The van der Waals surface area contributed by atoms with Crippen LogP contribution in [0, 0.1) is 12.8 Å². The molecule has 1 rings (SSSR count). The van der Waals surface area contributed by atoms with E-state index in [4.69, 9.17) is 10.6 Å². The number of hydrogen-bond donors (Lipinski definition) is 2. The van der Waals surface area contributed by atoms with Crippen molar-refractivity contribution in [2.75, 3.05) is 12.5 Å². The summed E-state index contributed by atoms with van der Waals surface area (Å²) in [6.07, 6.45) is -0.114. The lowest BCUT2D eigenvalue weighted by atomic mass is 10.0. The van der Waals surface area contributed by atoms with Gasteiger partial charge in [-0.05, 0) is 18.8 Å². The first-order valence-corrected chi connectivity index (χ1v) is 6.30. The fraction of sp³-hybridized carbons (Fsp3) is 0.692. The largest absolute Gasteiger partial charge is 0.373 e. The summed E-state index contributed by atoms with van der Waals surface area (Å²) in [5.74, 6) is 7.57. The molecular formula is C13H24N4O. The summed E-state index contributed by atoms with van der Waals surface area (Å²) in [6.45, 7) is 10.3. The molecule has 0 bridgehead atoms. The van der Waals surface area contributed by atoms with E-state index in [-0.39, 0.29) is 6.10 Å². The number of methoxy groups -OCH3 is 1. The summed E-state index contributed by atoms with van der Waals surface area (Å²) in [5, 5.41) is 0. The third-order valence-electron chi connectivity index (χ3n) is 2.98. The van der Waals surface area contributed by atoms with Crippen molar-refractivity contribution in [3.63, 3.8) is 0 Å². The Morgan fingerprint density at radius 3 is 2.17 bits per heavy atom. The van der Waals surface area contributed by atoms with Gasteiger partial charge in [-0.2, -0.15) is 0 Å². The van der Waals surface area contributed by atoms with E-state index in [1.165, 1.54) is 0 Å². The lowest BCUT2D eigenvalue weighted by Gasteiger charge is -2.21. The van der Waals surface area contributed by atoms with Crippen LogP contribution in [0.25, 0.3) is 0 Å². The average Bonchev–Trinajstić information content (AvgIpc) is 2.27. The second-order valence-electron chi connectivity index (χ2n) is 5.13. The van der Waals surface area contributed by atoms with Crippen molar-refractivity contribution in [1.29, 1.82) is 0 Å². The minimum absolute atomic E-state index is 0.114. The van der Waals surface area contributed by atoms with Gasteiger partial charge in [0.25, 0.3) is 0 Å². The number of hydrazine groups is 1. The van der Waals surface area contributed by atoms with Gasteiger partial charge < -0.3 is 10.2 Å². The highest BCUT2D eigenvalue weighted by Gasteiger charge is 2.22. The van der Waals surface area contributed by atoms with Crippen molar-refractivity contribution in [3.05, 3.63) is 17.1 Å². The maximum Gasteiger partial charge on any atom is 0.160 e. The Morgan fingerprint density at radius 1 is 1.17 bits per heavy atom. The summed E-state index contributed by atoms with van der Waals surface area (Å²) in [7, 11) is 1.68.